The molecule has 3 rings (SSSR count). The summed E-state index contributed by atoms with van der Waals surface area (Å²) in [4.78, 5) is 15.3. The standard InChI is InChI=1S/C23H25NO4/c1-27-19-14-10-9-13-18(19)23-22(17-11-5-4-6-12-17)24-20(28-23)15-7-2-3-8-16-21(25)26/h4-6,9-14H,2-3,7-8,15-16H2,1H3,(H,25,26). The van der Waals surface area contributed by atoms with Crippen molar-refractivity contribution in [3.05, 3.63) is 60.5 Å². The number of carbonyl (C=O) groups is 1. The molecule has 0 atom stereocenters. The van der Waals surface area contributed by atoms with E-state index in [0.717, 1.165) is 48.3 Å². The van der Waals surface area contributed by atoms with Crippen molar-refractivity contribution < 1.29 is 19.1 Å². The Morgan fingerprint density at radius 2 is 1.71 bits per heavy atom. The molecule has 0 saturated carbocycles. The van der Waals surface area contributed by atoms with Crippen LogP contribution in [0.3, 0.4) is 0 Å². The van der Waals surface area contributed by atoms with E-state index in [0.29, 0.717) is 18.1 Å². The quantitative estimate of drug-likeness (QED) is 0.465. The van der Waals surface area contributed by atoms with Gasteiger partial charge in [0.2, 0.25) is 0 Å². The molecule has 0 unspecified atom stereocenters. The molecule has 0 bridgehead atoms. The lowest BCUT2D eigenvalue weighted by atomic mass is 10.1. The van der Waals surface area contributed by atoms with E-state index >= 15 is 0 Å². The number of ether oxygens (including phenoxy) is 1. The first-order chi connectivity index (χ1) is 13.7. The molecule has 1 heterocycles. The fraction of sp³-hybridized carbons (Fsp3) is 0.304. The summed E-state index contributed by atoms with van der Waals surface area (Å²) < 4.78 is 11.7. The van der Waals surface area contributed by atoms with Gasteiger partial charge in [-0.15, -0.1) is 0 Å². The molecular weight excluding hydrogens is 354 g/mol. The summed E-state index contributed by atoms with van der Waals surface area (Å²) in [5.41, 5.74) is 2.69. The maximum Gasteiger partial charge on any atom is 0.303 e. The summed E-state index contributed by atoms with van der Waals surface area (Å²) in [6.07, 6.45) is 4.44. The first-order valence-corrected chi connectivity index (χ1v) is 9.59. The van der Waals surface area contributed by atoms with Crippen LogP contribution < -0.4 is 4.74 Å². The van der Waals surface area contributed by atoms with Crippen molar-refractivity contribution >= 4 is 5.97 Å². The number of para-hydroxylation sites is 1. The number of methoxy groups -OCH3 is 1. The van der Waals surface area contributed by atoms with Crippen LogP contribution in [0.2, 0.25) is 0 Å². The molecule has 2 aromatic carbocycles. The van der Waals surface area contributed by atoms with Crippen LogP contribution in [0.15, 0.2) is 59.0 Å². The van der Waals surface area contributed by atoms with Crippen molar-refractivity contribution in [2.75, 3.05) is 7.11 Å². The third-order valence-electron chi connectivity index (χ3n) is 4.60. The Bertz CT molecular complexity index is 902. The van der Waals surface area contributed by atoms with Crippen LogP contribution >= 0.6 is 0 Å². The number of aromatic nitrogens is 1. The molecule has 0 radical (unpaired) electrons. The summed E-state index contributed by atoms with van der Waals surface area (Å²) in [5.74, 6) is 1.42. The molecule has 3 aromatic rings. The van der Waals surface area contributed by atoms with Crippen molar-refractivity contribution in [2.24, 2.45) is 0 Å². The molecule has 1 N–H and O–H groups in total. The monoisotopic (exact) mass is 379 g/mol. The van der Waals surface area contributed by atoms with E-state index in [-0.39, 0.29) is 6.42 Å². The van der Waals surface area contributed by atoms with Gasteiger partial charge in [-0.1, -0.05) is 55.3 Å². The first-order valence-electron chi connectivity index (χ1n) is 9.59. The van der Waals surface area contributed by atoms with Gasteiger partial charge in [-0.05, 0) is 25.0 Å². The number of hydrogen-bond acceptors (Lipinski definition) is 4. The molecule has 0 fully saturated rings. The Hall–Kier alpha value is -3.08. The smallest absolute Gasteiger partial charge is 0.303 e. The van der Waals surface area contributed by atoms with E-state index in [9.17, 15) is 4.79 Å². The van der Waals surface area contributed by atoms with Gasteiger partial charge >= 0.3 is 5.97 Å². The predicted molar refractivity (Wildman–Crippen MR) is 108 cm³/mol. The fourth-order valence-electron chi connectivity index (χ4n) is 3.18. The highest BCUT2D eigenvalue weighted by atomic mass is 16.5. The molecule has 28 heavy (non-hydrogen) atoms. The summed E-state index contributed by atoms with van der Waals surface area (Å²) in [7, 11) is 1.65. The SMILES string of the molecule is COc1ccccc1-c1oc(CCCCCCC(=O)O)nc1-c1ccccc1. The summed E-state index contributed by atoms with van der Waals surface area (Å²) in [6.45, 7) is 0. The van der Waals surface area contributed by atoms with E-state index in [2.05, 4.69) is 0 Å². The van der Waals surface area contributed by atoms with Crippen molar-refractivity contribution in [1.82, 2.24) is 4.98 Å². The number of oxazole rings is 1. The minimum Gasteiger partial charge on any atom is -0.496 e. The molecule has 1 aromatic heterocycles. The number of aryl methyl sites for hydroxylation is 1. The number of aliphatic carboxylic acids is 1. The minimum absolute atomic E-state index is 0.231. The van der Waals surface area contributed by atoms with Gasteiger partial charge in [0.25, 0.3) is 0 Å². The van der Waals surface area contributed by atoms with E-state index in [1.165, 1.54) is 0 Å². The number of rotatable bonds is 10. The number of carboxylic acids is 1. The zero-order valence-electron chi connectivity index (χ0n) is 16.1. The molecule has 0 amide bonds. The third kappa shape index (κ3) is 5.00. The number of carboxylic acid groups (broad SMARTS) is 1. The van der Waals surface area contributed by atoms with Crippen molar-refractivity contribution in [3.8, 4) is 28.3 Å². The Morgan fingerprint density at radius 1 is 1.00 bits per heavy atom. The van der Waals surface area contributed by atoms with Gasteiger partial charge in [-0.25, -0.2) is 4.98 Å². The van der Waals surface area contributed by atoms with Crippen LogP contribution in [0.1, 0.15) is 38.0 Å². The second kappa shape index (κ2) is 9.74. The van der Waals surface area contributed by atoms with E-state index in [4.69, 9.17) is 19.2 Å². The molecule has 0 aliphatic heterocycles. The molecule has 0 saturated heterocycles. The lowest BCUT2D eigenvalue weighted by Crippen LogP contribution is -1.94. The Morgan fingerprint density at radius 3 is 2.46 bits per heavy atom. The summed E-state index contributed by atoms with van der Waals surface area (Å²) in [6, 6.07) is 17.8. The maximum atomic E-state index is 10.6. The fourth-order valence-corrected chi connectivity index (χ4v) is 3.18. The number of nitrogens with zero attached hydrogens (tertiary/aromatic N) is 1. The average molecular weight is 379 g/mol. The summed E-state index contributed by atoms with van der Waals surface area (Å²) >= 11 is 0. The van der Waals surface area contributed by atoms with E-state index in [1.807, 2.05) is 54.6 Å². The van der Waals surface area contributed by atoms with Crippen LogP contribution in [-0.2, 0) is 11.2 Å². The van der Waals surface area contributed by atoms with Gasteiger partial charge in [0, 0.05) is 18.4 Å². The van der Waals surface area contributed by atoms with Gasteiger partial charge in [-0.2, -0.15) is 0 Å². The summed E-state index contributed by atoms with van der Waals surface area (Å²) in [5, 5.41) is 8.71. The molecule has 0 aliphatic carbocycles. The normalized spacial score (nSPS) is 10.8. The zero-order valence-corrected chi connectivity index (χ0v) is 16.1. The van der Waals surface area contributed by atoms with Gasteiger partial charge in [-0.3, -0.25) is 4.79 Å². The topological polar surface area (TPSA) is 72.6 Å². The van der Waals surface area contributed by atoms with E-state index in [1.54, 1.807) is 7.11 Å². The second-order valence-electron chi connectivity index (χ2n) is 6.66. The average Bonchev–Trinajstić information content (AvgIpc) is 3.15. The van der Waals surface area contributed by atoms with E-state index < -0.39 is 5.97 Å². The highest BCUT2D eigenvalue weighted by Crippen LogP contribution is 2.37. The number of hydrogen-bond donors (Lipinski definition) is 1. The highest BCUT2D eigenvalue weighted by Gasteiger charge is 2.19. The zero-order chi connectivity index (χ0) is 19.8. The largest absolute Gasteiger partial charge is 0.496 e. The van der Waals surface area contributed by atoms with Gasteiger partial charge in [0.05, 0.1) is 12.7 Å². The Kier molecular flexibility index (Phi) is 6.84. The maximum absolute atomic E-state index is 10.6. The highest BCUT2D eigenvalue weighted by molar-refractivity contribution is 5.80. The molecule has 0 spiro atoms. The predicted octanol–water partition coefficient (Wildman–Crippen LogP) is 5.59. The second-order valence-corrected chi connectivity index (χ2v) is 6.66. The van der Waals surface area contributed by atoms with Gasteiger partial charge in [0.1, 0.15) is 11.4 Å². The van der Waals surface area contributed by atoms with Gasteiger partial charge in [0.15, 0.2) is 11.7 Å². The van der Waals surface area contributed by atoms with Crippen LogP contribution in [0.5, 0.6) is 5.75 Å². The Balaban J connectivity index is 1.80. The van der Waals surface area contributed by atoms with Crippen LogP contribution in [0.4, 0.5) is 0 Å². The van der Waals surface area contributed by atoms with Gasteiger partial charge < -0.3 is 14.3 Å². The number of unbranched alkanes of at least 4 members (excludes halogenated alkanes) is 3. The van der Waals surface area contributed by atoms with Crippen molar-refractivity contribution in [2.45, 2.75) is 38.5 Å². The van der Waals surface area contributed by atoms with Crippen LogP contribution in [0, 0.1) is 0 Å². The van der Waals surface area contributed by atoms with Crippen LogP contribution in [0.25, 0.3) is 22.6 Å². The molecule has 0 aliphatic rings. The third-order valence-corrected chi connectivity index (χ3v) is 4.60. The first kappa shape index (κ1) is 19.7. The number of benzene rings is 2. The lowest BCUT2D eigenvalue weighted by molar-refractivity contribution is -0.137. The Labute approximate surface area is 165 Å². The minimum atomic E-state index is -0.735. The lowest BCUT2D eigenvalue weighted by Gasteiger charge is -2.07. The molecular formula is C23H25NO4. The van der Waals surface area contributed by atoms with Crippen molar-refractivity contribution in [3.63, 3.8) is 0 Å². The molecule has 146 valence electrons. The molecule has 5 heteroatoms. The van der Waals surface area contributed by atoms with Crippen LogP contribution in [-0.4, -0.2) is 23.2 Å². The van der Waals surface area contributed by atoms with Crippen molar-refractivity contribution in [1.29, 1.82) is 0 Å². The molecule has 5 nitrogen and oxygen atoms in total.